The monoisotopic (exact) mass is 436 g/mol. The van der Waals surface area contributed by atoms with E-state index < -0.39 is 16.2 Å². The lowest BCUT2D eigenvalue weighted by Gasteiger charge is -2.10. The molecule has 0 bridgehead atoms. The van der Waals surface area contributed by atoms with Crippen LogP contribution in [0.3, 0.4) is 0 Å². The molecular weight excluding hydrogens is 420 g/mol. The normalized spacial score (nSPS) is 10.8. The molecule has 0 saturated heterocycles. The molecular formula is C20H16N6O4S. The zero-order valence-electron chi connectivity index (χ0n) is 16.0. The topological polar surface area (TPSA) is 140 Å². The molecule has 2 N–H and O–H groups in total. The van der Waals surface area contributed by atoms with Gasteiger partial charge >= 0.3 is 5.69 Å². The highest BCUT2D eigenvalue weighted by Crippen LogP contribution is 2.27. The Hall–Kier alpha value is -3.99. The third-order valence-electron chi connectivity index (χ3n) is 4.37. The molecule has 0 atom stereocenters. The summed E-state index contributed by atoms with van der Waals surface area (Å²) in [6, 6.07) is 17.2. The Morgan fingerprint density at radius 2 is 1.81 bits per heavy atom. The number of hydrogen-bond donors (Lipinski definition) is 2. The highest BCUT2D eigenvalue weighted by Gasteiger charge is 2.16. The fraction of sp³-hybridized carbons (Fsp3) is 0.100. The van der Waals surface area contributed by atoms with Crippen LogP contribution in [0.5, 0.6) is 0 Å². The Labute approximate surface area is 179 Å². The Balaban J connectivity index is 1.66. The highest BCUT2D eigenvalue weighted by atomic mass is 32.2. The molecule has 4 rings (SSSR count). The first-order valence-electron chi connectivity index (χ1n) is 9.18. The predicted octanol–water partition coefficient (Wildman–Crippen LogP) is 2.44. The SMILES string of the molecule is O=c1cc(Cc2nnc(SCc3cccc([N+](=O)[O-])c3)n2-c2ccccc2)[nH]c(=O)[nH]1. The average molecular weight is 436 g/mol. The van der Waals surface area contributed by atoms with E-state index in [1.54, 1.807) is 6.07 Å². The van der Waals surface area contributed by atoms with Crippen molar-refractivity contribution in [3.05, 3.63) is 109 Å². The highest BCUT2D eigenvalue weighted by molar-refractivity contribution is 7.98. The number of thioether (sulfide) groups is 1. The van der Waals surface area contributed by atoms with Gasteiger partial charge < -0.3 is 4.98 Å². The molecule has 0 fully saturated rings. The van der Waals surface area contributed by atoms with Gasteiger partial charge in [-0.1, -0.05) is 42.1 Å². The van der Waals surface area contributed by atoms with Crippen molar-refractivity contribution in [1.29, 1.82) is 0 Å². The second-order valence-corrected chi connectivity index (χ2v) is 7.52. The van der Waals surface area contributed by atoms with E-state index in [2.05, 4.69) is 20.2 Å². The number of aromatic amines is 2. The lowest BCUT2D eigenvalue weighted by Crippen LogP contribution is -2.23. The van der Waals surface area contributed by atoms with Crippen molar-refractivity contribution in [3.8, 4) is 5.69 Å². The number of H-pyrrole nitrogens is 2. The van der Waals surface area contributed by atoms with Crippen LogP contribution in [0, 0.1) is 10.1 Å². The quantitative estimate of drug-likeness (QED) is 0.258. The zero-order valence-corrected chi connectivity index (χ0v) is 16.8. The van der Waals surface area contributed by atoms with Crippen LogP contribution in [0.2, 0.25) is 0 Å². The number of nitrogens with zero attached hydrogens (tertiary/aromatic N) is 4. The van der Waals surface area contributed by atoms with Crippen LogP contribution in [0.25, 0.3) is 5.69 Å². The molecule has 156 valence electrons. The molecule has 2 aromatic carbocycles. The Morgan fingerprint density at radius 3 is 2.55 bits per heavy atom. The van der Waals surface area contributed by atoms with E-state index in [-0.39, 0.29) is 12.1 Å². The number of benzene rings is 2. The summed E-state index contributed by atoms with van der Waals surface area (Å²) in [4.78, 5) is 38.5. The average Bonchev–Trinajstić information content (AvgIpc) is 3.14. The lowest BCUT2D eigenvalue weighted by molar-refractivity contribution is -0.384. The fourth-order valence-corrected chi connectivity index (χ4v) is 3.95. The van der Waals surface area contributed by atoms with Gasteiger partial charge in [0, 0.05) is 41.8 Å². The Morgan fingerprint density at radius 1 is 1.00 bits per heavy atom. The predicted molar refractivity (Wildman–Crippen MR) is 115 cm³/mol. The van der Waals surface area contributed by atoms with Crippen molar-refractivity contribution < 1.29 is 4.92 Å². The largest absolute Gasteiger partial charge is 0.325 e. The van der Waals surface area contributed by atoms with Crippen molar-refractivity contribution in [3.63, 3.8) is 0 Å². The summed E-state index contributed by atoms with van der Waals surface area (Å²) in [5.41, 5.74) is 0.951. The van der Waals surface area contributed by atoms with Crippen LogP contribution < -0.4 is 11.2 Å². The maximum atomic E-state index is 11.6. The fourth-order valence-electron chi connectivity index (χ4n) is 3.04. The lowest BCUT2D eigenvalue weighted by atomic mass is 10.2. The van der Waals surface area contributed by atoms with Gasteiger partial charge in [0.25, 0.3) is 11.2 Å². The number of nitro benzene ring substituents is 1. The van der Waals surface area contributed by atoms with E-state index in [1.165, 1.54) is 30.0 Å². The van der Waals surface area contributed by atoms with E-state index in [0.717, 1.165) is 11.3 Å². The van der Waals surface area contributed by atoms with Crippen LogP contribution in [-0.4, -0.2) is 29.7 Å². The van der Waals surface area contributed by atoms with E-state index >= 15 is 0 Å². The first-order chi connectivity index (χ1) is 15.0. The summed E-state index contributed by atoms with van der Waals surface area (Å²) < 4.78 is 1.83. The molecule has 2 aromatic heterocycles. The molecule has 10 nitrogen and oxygen atoms in total. The van der Waals surface area contributed by atoms with Crippen molar-refractivity contribution >= 4 is 17.4 Å². The summed E-state index contributed by atoms with van der Waals surface area (Å²) in [6.45, 7) is 0. The number of nitro groups is 1. The van der Waals surface area contributed by atoms with Gasteiger partial charge in [-0.25, -0.2) is 4.79 Å². The molecule has 0 spiro atoms. The smallest absolute Gasteiger partial charge is 0.311 e. The van der Waals surface area contributed by atoms with Crippen molar-refractivity contribution in [2.75, 3.05) is 0 Å². The van der Waals surface area contributed by atoms with E-state index in [1.807, 2.05) is 41.0 Å². The third kappa shape index (κ3) is 4.78. The Bertz CT molecular complexity index is 1320. The van der Waals surface area contributed by atoms with Crippen LogP contribution in [0.15, 0.2) is 75.4 Å². The van der Waals surface area contributed by atoms with Crippen LogP contribution >= 0.6 is 11.8 Å². The van der Waals surface area contributed by atoms with E-state index in [0.29, 0.717) is 22.4 Å². The number of rotatable bonds is 7. The number of non-ortho nitro benzene ring substituents is 1. The van der Waals surface area contributed by atoms with Crippen molar-refractivity contribution in [2.45, 2.75) is 17.3 Å². The van der Waals surface area contributed by atoms with Gasteiger partial charge in [0.1, 0.15) is 5.82 Å². The molecule has 0 saturated carbocycles. The summed E-state index contributed by atoms with van der Waals surface area (Å²) in [6.07, 6.45) is 0.193. The maximum absolute atomic E-state index is 11.6. The van der Waals surface area contributed by atoms with Crippen LogP contribution in [0.4, 0.5) is 5.69 Å². The van der Waals surface area contributed by atoms with Gasteiger partial charge in [-0.3, -0.25) is 24.5 Å². The molecule has 11 heteroatoms. The minimum atomic E-state index is -0.589. The summed E-state index contributed by atoms with van der Waals surface area (Å²) >= 11 is 1.38. The van der Waals surface area contributed by atoms with E-state index in [9.17, 15) is 19.7 Å². The summed E-state index contributed by atoms with van der Waals surface area (Å²) in [5, 5.41) is 20.1. The molecule has 0 amide bonds. The van der Waals surface area contributed by atoms with Crippen LogP contribution in [0.1, 0.15) is 17.1 Å². The zero-order chi connectivity index (χ0) is 21.8. The summed E-state index contributed by atoms with van der Waals surface area (Å²) in [7, 11) is 0. The number of hydrogen-bond acceptors (Lipinski definition) is 7. The standard InChI is InChI=1S/C20H16N6O4S/c27-18-11-14(21-19(28)22-18)10-17-23-24-20(25(17)15-6-2-1-3-7-15)31-12-13-5-4-8-16(9-13)26(29)30/h1-9,11H,10,12H2,(H2,21,22,27,28). The first-order valence-corrected chi connectivity index (χ1v) is 10.2. The first kappa shape index (κ1) is 20.3. The maximum Gasteiger partial charge on any atom is 0.325 e. The van der Waals surface area contributed by atoms with Crippen molar-refractivity contribution in [1.82, 2.24) is 24.7 Å². The molecule has 4 aromatic rings. The van der Waals surface area contributed by atoms with Gasteiger partial charge in [0.2, 0.25) is 0 Å². The number of nitrogens with one attached hydrogen (secondary N) is 2. The molecule has 0 unspecified atom stereocenters. The second kappa shape index (κ2) is 8.79. The van der Waals surface area contributed by atoms with Crippen LogP contribution in [-0.2, 0) is 12.2 Å². The summed E-state index contributed by atoms with van der Waals surface area (Å²) in [5.74, 6) is 0.989. The molecule has 0 aliphatic carbocycles. The number of para-hydroxylation sites is 1. The van der Waals surface area contributed by atoms with E-state index in [4.69, 9.17) is 0 Å². The molecule has 2 heterocycles. The molecule has 0 aliphatic heterocycles. The van der Waals surface area contributed by atoms with Gasteiger partial charge in [0.05, 0.1) is 4.92 Å². The Kier molecular flexibility index (Phi) is 5.76. The minimum Gasteiger partial charge on any atom is -0.311 e. The van der Waals surface area contributed by atoms with Crippen molar-refractivity contribution in [2.24, 2.45) is 0 Å². The molecule has 31 heavy (non-hydrogen) atoms. The third-order valence-corrected chi connectivity index (χ3v) is 5.37. The minimum absolute atomic E-state index is 0.0292. The second-order valence-electron chi connectivity index (χ2n) is 6.58. The molecule has 0 aliphatic rings. The van der Waals surface area contributed by atoms with Gasteiger partial charge in [-0.05, 0) is 17.7 Å². The number of aromatic nitrogens is 5. The molecule has 0 radical (unpaired) electrons. The van der Waals surface area contributed by atoms with Gasteiger partial charge in [-0.2, -0.15) is 0 Å². The van der Waals surface area contributed by atoms with Gasteiger partial charge in [-0.15, -0.1) is 10.2 Å². The van der Waals surface area contributed by atoms with Gasteiger partial charge in [0.15, 0.2) is 5.16 Å².